The van der Waals surface area contributed by atoms with Gasteiger partial charge in [-0.15, -0.1) is 10.2 Å². The van der Waals surface area contributed by atoms with Crippen molar-refractivity contribution in [3.05, 3.63) is 48.2 Å². The molecule has 0 saturated carbocycles. The first-order chi connectivity index (χ1) is 6.95. The number of rotatable bonds is 3. The summed E-state index contributed by atoms with van der Waals surface area (Å²) in [7, 11) is 0. The Kier molecular flexibility index (Phi) is 3.08. The molecule has 1 aromatic carbocycles. The van der Waals surface area contributed by atoms with Crippen LogP contribution in [0, 0.1) is 0 Å². The minimum absolute atomic E-state index is 0.906. The molecule has 0 radical (unpaired) electrons. The van der Waals surface area contributed by atoms with Gasteiger partial charge < -0.3 is 0 Å². The summed E-state index contributed by atoms with van der Waals surface area (Å²) < 4.78 is 0. The predicted molar refractivity (Wildman–Crippen MR) is 55.8 cm³/mol. The maximum absolute atomic E-state index is 3.90. The minimum Gasteiger partial charge on any atom is -0.139 e. The first kappa shape index (κ1) is 9.15. The third-order valence-corrected chi connectivity index (χ3v) is 2.70. The van der Waals surface area contributed by atoms with E-state index < -0.39 is 0 Å². The molecule has 3 nitrogen and oxygen atoms in total. The highest BCUT2D eigenvalue weighted by atomic mass is 32.2. The Bertz CT molecular complexity index is 338. The fourth-order valence-electron chi connectivity index (χ4n) is 1.04. The van der Waals surface area contributed by atoms with E-state index in [1.54, 1.807) is 18.0 Å². The van der Waals surface area contributed by atoms with Crippen molar-refractivity contribution in [2.45, 2.75) is 10.8 Å². The van der Waals surface area contributed by atoms with Crippen LogP contribution < -0.4 is 0 Å². The Hall–Kier alpha value is -1.42. The van der Waals surface area contributed by atoms with Crippen molar-refractivity contribution in [1.82, 2.24) is 15.4 Å². The predicted octanol–water partition coefficient (Wildman–Crippen LogP) is 2.16. The molecule has 0 atom stereocenters. The van der Waals surface area contributed by atoms with Gasteiger partial charge in [-0.25, -0.2) is 0 Å². The van der Waals surface area contributed by atoms with E-state index in [9.17, 15) is 0 Å². The molecular formula is C10H9N3S. The van der Waals surface area contributed by atoms with Gasteiger partial charge in [-0.05, 0) is 16.8 Å². The zero-order valence-electron chi connectivity index (χ0n) is 7.50. The SMILES string of the molecule is c1ccc(CSc2ccnnn2)cc1. The van der Waals surface area contributed by atoms with Crippen LogP contribution >= 0.6 is 11.8 Å². The standard InChI is InChI=1S/C10H9N3S/c1-2-4-9(5-3-1)8-14-10-6-7-11-13-12-10/h1-7H,8H2. The van der Waals surface area contributed by atoms with Crippen molar-refractivity contribution >= 4 is 11.8 Å². The van der Waals surface area contributed by atoms with Crippen LogP contribution in [0.2, 0.25) is 0 Å². The summed E-state index contributed by atoms with van der Waals surface area (Å²) in [5, 5.41) is 12.0. The van der Waals surface area contributed by atoms with Crippen molar-refractivity contribution in [2.75, 3.05) is 0 Å². The topological polar surface area (TPSA) is 38.7 Å². The summed E-state index contributed by atoms with van der Waals surface area (Å²) in [5.74, 6) is 0.916. The number of nitrogens with zero attached hydrogens (tertiary/aromatic N) is 3. The number of thioether (sulfide) groups is 1. The van der Waals surface area contributed by atoms with Crippen molar-refractivity contribution in [3.8, 4) is 0 Å². The summed E-state index contributed by atoms with van der Waals surface area (Å²) in [6.07, 6.45) is 1.65. The molecule has 1 aromatic heterocycles. The van der Waals surface area contributed by atoms with Crippen molar-refractivity contribution in [1.29, 1.82) is 0 Å². The summed E-state index contributed by atoms with van der Waals surface area (Å²) in [4.78, 5) is 0. The van der Waals surface area contributed by atoms with E-state index in [0.29, 0.717) is 0 Å². The van der Waals surface area contributed by atoms with E-state index in [1.165, 1.54) is 5.56 Å². The molecule has 70 valence electrons. The molecular weight excluding hydrogens is 194 g/mol. The normalized spacial score (nSPS) is 10.0. The molecule has 0 unspecified atom stereocenters. The quantitative estimate of drug-likeness (QED) is 0.716. The lowest BCUT2D eigenvalue weighted by molar-refractivity contribution is 0.804. The van der Waals surface area contributed by atoms with Gasteiger partial charge in [0.2, 0.25) is 0 Å². The van der Waals surface area contributed by atoms with Gasteiger partial charge in [0.25, 0.3) is 0 Å². The van der Waals surface area contributed by atoms with E-state index in [1.807, 2.05) is 24.3 Å². The van der Waals surface area contributed by atoms with Gasteiger partial charge in [-0.1, -0.05) is 42.1 Å². The molecule has 0 amide bonds. The van der Waals surface area contributed by atoms with E-state index in [-0.39, 0.29) is 0 Å². The Balaban J connectivity index is 1.96. The second-order valence-corrected chi connectivity index (χ2v) is 3.73. The van der Waals surface area contributed by atoms with E-state index in [2.05, 4.69) is 27.5 Å². The average Bonchev–Trinajstić information content (AvgIpc) is 2.29. The highest BCUT2D eigenvalue weighted by Crippen LogP contribution is 2.18. The fourth-order valence-corrected chi connectivity index (χ4v) is 1.80. The molecule has 0 aliphatic rings. The molecule has 0 fully saturated rings. The van der Waals surface area contributed by atoms with Crippen molar-refractivity contribution in [2.24, 2.45) is 0 Å². The zero-order chi connectivity index (χ0) is 9.64. The lowest BCUT2D eigenvalue weighted by atomic mass is 10.2. The van der Waals surface area contributed by atoms with Gasteiger partial charge in [0.05, 0.1) is 6.20 Å². The van der Waals surface area contributed by atoms with Crippen LogP contribution in [0.25, 0.3) is 0 Å². The van der Waals surface area contributed by atoms with Crippen LogP contribution in [0.4, 0.5) is 0 Å². The lowest BCUT2D eigenvalue weighted by Gasteiger charge is -1.98. The monoisotopic (exact) mass is 203 g/mol. The van der Waals surface area contributed by atoms with Crippen LogP contribution in [0.1, 0.15) is 5.56 Å². The van der Waals surface area contributed by atoms with Crippen molar-refractivity contribution < 1.29 is 0 Å². The van der Waals surface area contributed by atoms with Crippen LogP contribution in [-0.2, 0) is 5.75 Å². The summed E-state index contributed by atoms with van der Waals surface area (Å²) in [6.45, 7) is 0. The van der Waals surface area contributed by atoms with E-state index in [4.69, 9.17) is 0 Å². The highest BCUT2D eigenvalue weighted by molar-refractivity contribution is 7.98. The molecule has 2 aromatic rings. The summed E-state index contributed by atoms with van der Waals surface area (Å²) >= 11 is 1.66. The molecule has 0 aliphatic carbocycles. The molecule has 0 bridgehead atoms. The van der Waals surface area contributed by atoms with E-state index >= 15 is 0 Å². The van der Waals surface area contributed by atoms with Crippen LogP contribution in [0.15, 0.2) is 47.6 Å². The first-order valence-electron chi connectivity index (χ1n) is 4.26. The van der Waals surface area contributed by atoms with Gasteiger partial charge in [-0.3, -0.25) is 0 Å². The minimum atomic E-state index is 0.906. The van der Waals surface area contributed by atoms with Gasteiger partial charge in [0, 0.05) is 5.75 Å². The summed E-state index contributed by atoms with van der Waals surface area (Å²) in [5.41, 5.74) is 1.29. The smallest absolute Gasteiger partial charge is 0.122 e. The third kappa shape index (κ3) is 2.53. The fraction of sp³-hybridized carbons (Fsp3) is 0.100. The third-order valence-electron chi connectivity index (χ3n) is 1.71. The average molecular weight is 203 g/mol. The second kappa shape index (κ2) is 4.72. The van der Waals surface area contributed by atoms with Gasteiger partial charge >= 0.3 is 0 Å². The molecule has 1 heterocycles. The molecule has 4 heteroatoms. The highest BCUT2D eigenvalue weighted by Gasteiger charge is 1.96. The number of benzene rings is 1. The van der Waals surface area contributed by atoms with Crippen LogP contribution in [0.5, 0.6) is 0 Å². The van der Waals surface area contributed by atoms with Crippen LogP contribution in [-0.4, -0.2) is 15.4 Å². The number of hydrogen-bond donors (Lipinski definition) is 0. The van der Waals surface area contributed by atoms with E-state index in [0.717, 1.165) is 10.8 Å². The maximum atomic E-state index is 3.90. The van der Waals surface area contributed by atoms with Gasteiger partial charge in [-0.2, -0.15) is 0 Å². The van der Waals surface area contributed by atoms with Gasteiger partial charge in [0.15, 0.2) is 0 Å². The Morgan fingerprint density at radius 1 is 1.07 bits per heavy atom. The molecule has 0 saturated heterocycles. The van der Waals surface area contributed by atoms with Gasteiger partial charge in [0.1, 0.15) is 5.03 Å². The lowest BCUT2D eigenvalue weighted by Crippen LogP contribution is -1.87. The largest absolute Gasteiger partial charge is 0.139 e. The Morgan fingerprint density at radius 2 is 1.93 bits per heavy atom. The summed E-state index contributed by atoms with van der Waals surface area (Å²) in [6, 6.07) is 12.1. The Labute approximate surface area is 86.6 Å². The maximum Gasteiger partial charge on any atom is 0.122 e. The van der Waals surface area contributed by atoms with Crippen molar-refractivity contribution in [3.63, 3.8) is 0 Å². The Morgan fingerprint density at radius 3 is 2.64 bits per heavy atom. The number of aromatic nitrogens is 3. The number of hydrogen-bond acceptors (Lipinski definition) is 4. The second-order valence-electron chi connectivity index (χ2n) is 2.73. The zero-order valence-corrected chi connectivity index (χ0v) is 8.31. The molecule has 2 rings (SSSR count). The van der Waals surface area contributed by atoms with Crippen LogP contribution in [0.3, 0.4) is 0 Å². The molecule has 14 heavy (non-hydrogen) atoms. The first-order valence-corrected chi connectivity index (χ1v) is 5.25. The molecule has 0 spiro atoms. The molecule has 0 aliphatic heterocycles. The molecule has 0 N–H and O–H groups in total.